The Balaban J connectivity index is 1.18. The van der Waals surface area contributed by atoms with E-state index in [0.29, 0.717) is 5.56 Å². The summed E-state index contributed by atoms with van der Waals surface area (Å²) in [6, 6.07) is 55.1. The fourth-order valence-corrected chi connectivity index (χ4v) is 9.97. The minimum Gasteiger partial charge on any atom is -0.507 e. The number of hydrogen-bond donors (Lipinski definition) is 1. The molecule has 0 saturated carbocycles. The van der Waals surface area contributed by atoms with Crippen molar-refractivity contribution >= 4 is 32.8 Å². The summed E-state index contributed by atoms with van der Waals surface area (Å²) < 4.78 is 4.57. The number of hydrogen-bond acceptors (Lipinski definition) is 3. The van der Waals surface area contributed by atoms with Gasteiger partial charge in [0.2, 0.25) is 0 Å². The Morgan fingerprint density at radius 1 is 0.429 bits per heavy atom. The van der Waals surface area contributed by atoms with Crippen LogP contribution in [0, 0.1) is 0 Å². The van der Waals surface area contributed by atoms with E-state index < -0.39 is 0 Å². The molecule has 1 N–H and O–H groups in total. The molecule has 0 aliphatic carbocycles. The second-order valence-electron chi connectivity index (χ2n) is 23.5. The monoisotopic (exact) mass is 919 g/mol. The summed E-state index contributed by atoms with van der Waals surface area (Å²) in [5.74, 6) is 0.930. The van der Waals surface area contributed by atoms with E-state index in [2.05, 4.69) is 220 Å². The van der Waals surface area contributed by atoms with Crippen molar-refractivity contribution in [2.45, 2.75) is 105 Å². The van der Waals surface area contributed by atoms with Crippen LogP contribution in [0.25, 0.3) is 94.6 Å². The predicted octanol–water partition coefficient (Wildman–Crippen LogP) is 17.3. The van der Waals surface area contributed by atoms with Crippen LogP contribution in [0.3, 0.4) is 0 Å². The summed E-state index contributed by atoms with van der Waals surface area (Å²) in [7, 11) is 2.01. The lowest BCUT2D eigenvalue weighted by Gasteiger charge is -2.26. The van der Waals surface area contributed by atoms with E-state index in [0.717, 1.165) is 50.5 Å². The Kier molecular flexibility index (Phi) is 11.1. The lowest BCUT2D eigenvalue weighted by atomic mass is 9.79. The smallest absolute Gasteiger partial charge is 0.144 e. The zero-order valence-electron chi connectivity index (χ0n) is 43.2. The van der Waals surface area contributed by atoms with Crippen molar-refractivity contribution in [2.75, 3.05) is 0 Å². The Labute approximate surface area is 414 Å². The number of phenolic OH excluding ortho intramolecular Hbond substituents is 1. The second kappa shape index (κ2) is 16.7. The molecule has 0 aliphatic heterocycles. The lowest BCUT2D eigenvalue weighted by molar-refractivity contribution is 0.476. The maximum Gasteiger partial charge on any atom is 0.144 e. The first kappa shape index (κ1) is 46.5. The van der Waals surface area contributed by atoms with Crippen molar-refractivity contribution in [1.82, 2.24) is 19.1 Å². The molecule has 10 rings (SSSR count). The van der Waals surface area contributed by atoms with Gasteiger partial charge in [-0.3, -0.25) is 4.98 Å². The van der Waals surface area contributed by atoms with Crippen molar-refractivity contribution in [1.29, 1.82) is 0 Å². The number of aromatic nitrogens is 4. The second-order valence-corrected chi connectivity index (χ2v) is 23.5. The van der Waals surface area contributed by atoms with E-state index in [1.807, 2.05) is 31.4 Å². The van der Waals surface area contributed by atoms with E-state index in [1.165, 1.54) is 60.8 Å². The van der Waals surface area contributed by atoms with Gasteiger partial charge >= 0.3 is 0 Å². The lowest BCUT2D eigenvalue weighted by Crippen LogP contribution is -2.16. The zero-order valence-corrected chi connectivity index (χ0v) is 43.2. The number of benzene rings is 7. The van der Waals surface area contributed by atoms with Gasteiger partial charge in [-0.2, -0.15) is 0 Å². The molecule has 5 heteroatoms. The third-order valence-corrected chi connectivity index (χ3v) is 14.3. The van der Waals surface area contributed by atoms with E-state index in [9.17, 15) is 5.11 Å². The molecule has 3 aromatic heterocycles. The van der Waals surface area contributed by atoms with Gasteiger partial charge in [-0.15, -0.1) is 0 Å². The van der Waals surface area contributed by atoms with Gasteiger partial charge in [0, 0.05) is 46.4 Å². The van der Waals surface area contributed by atoms with Crippen LogP contribution in [0.4, 0.5) is 0 Å². The molecule has 7 aromatic carbocycles. The number of phenols is 1. The Bertz CT molecular complexity index is 3630. The van der Waals surface area contributed by atoms with E-state index in [1.54, 1.807) is 6.07 Å². The molecule has 0 unspecified atom stereocenters. The van der Waals surface area contributed by atoms with Gasteiger partial charge in [-0.25, -0.2) is 4.98 Å². The molecule has 0 radical (unpaired) electrons. The fraction of sp³-hybridized carbons (Fsp3) is 0.262. The molecule has 10 aromatic rings. The normalized spacial score (nSPS) is 12.7. The fourth-order valence-electron chi connectivity index (χ4n) is 9.97. The predicted molar refractivity (Wildman–Crippen MR) is 296 cm³/mol. The summed E-state index contributed by atoms with van der Waals surface area (Å²) in [5.41, 5.74) is 19.9. The topological polar surface area (TPSA) is 55.9 Å². The highest BCUT2D eigenvalue weighted by Crippen LogP contribution is 2.45. The Morgan fingerprint density at radius 3 is 1.73 bits per heavy atom. The minimum absolute atomic E-state index is 0.000952. The summed E-state index contributed by atoms with van der Waals surface area (Å²) in [6.45, 7) is 27.7. The van der Waals surface area contributed by atoms with Gasteiger partial charge < -0.3 is 14.2 Å². The van der Waals surface area contributed by atoms with E-state index >= 15 is 0 Å². The maximum absolute atomic E-state index is 10.8. The van der Waals surface area contributed by atoms with Gasteiger partial charge in [0.25, 0.3) is 0 Å². The first-order valence-corrected chi connectivity index (χ1v) is 24.8. The molecule has 70 heavy (non-hydrogen) atoms. The maximum atomic E-state index is 10.8. The van der Waals surface area contributed by atoms with Crippen LogP contribution < -0.4 is 0 Å². The van der Waals surface area contributed by atoms with Gasteiger partial charge in [-0.1, -0.05) is 162 Å². The molecule has 0 spiro atoms. The van der Waals surface area contributed by atoms with Crippen LogP contribution in [0.1, 0.15) is 105 Å². The molecule has 0 fully saturated rings. The first-order chi connectivity index (χ1) is 33.0. The highest BCUT2D eigenvalue weighted by molar-refractivity contribution is 6.14. The van der Waals surface area contributed by atoms with Gasteiger partial charge in [0.15, 0.2) is 0 Å². The first-order valence-electron chi connectivity index (χ1n) is 24.8. The Hall–Kier alpha value is -7.24. The largest absolute Gasteiger partial charge is 0.507 e. The van der Waals surface area contributed by atoms with Crippen molar-refractivity contribution in [3.05, 3.63) is 180 Å². The Morgan fingerprint density at radius 2 is 1.03 bits per heavy atom. The SMILES string of the molecule is Cn1c(-c2ccccc2O)nc2c(-c3cccc(-c4cc(-c5cc(C(C)(C)C)cc6c7cc(C(C)(C)C)ccc7n(-c7cccc(-c8cc(C(C)(C)C)cc(C(C)(C)C)c8)c7)c56)ccn4)c3)cccc21. The van der Waals surface area contributed by atoms with Crippen molar-refractivity contribution in [2.24, 2.45) is 7.05 Å². The third kappa shape index (κ3) is 8.40. The summed E-state index contributed by atoms with van der Waals surface area (Å²) >= 11 is 0. The molecule has 0 atom stereocenters. The average Bonchev–Trinajstić information content (AvgIpc) is 3.84. The van der Waals surface area contributed by atoms with Gasteiger partial charge in [-0.05, 0) is 139 Å². The number of rotatable bonds is 6. The zero-order chi connectivity index (χ0) is 49.7. The quantitative estimate of drug-likeness (QED) is 0.181. The number of aromatic hydroxyl groups is 1. The van der Waals surface area contributed by atoms with Crippen LogP contribution in [-0.2, 0) is 28.7 Å². The number of nitrogens with zero attached hydrogens (tertiary/aromatic N) is 4. The molecule has 0 bridgehead atoms. The summed E-state index contributed by atoms with van der Waals surface area (Å²) in [6.07, 6.45) is 1.96. The van der Waals surface area contributed by atoms with Crippen molar-refractivity contribution < 1.29 is 5.11 Å². The number of pyridine rings is 1. The molecular formula is C65H66N4O. The number of fused-ring (bicyclic) bond motifs is 4. The molecule has 352 valence electrons. The van der Waals surface area contributed by atoms with E-state index in [4.69, 9.17) is 9.97 Å². The van der Waals surface area contributed by atoms with Crippen LogP contribution in [0.5, 0.6) is 5.75 Å². The molecular weight excluding hydrogens is 853 g/mol. The molecule has 0 saturated heterocycles. The average molecular weight is 919 g/mol. The van der Waals surface area contributed by atoms with E-state index in [-0.39, 0.29) is 27.4 Å². The molecule has 0 amide bonds. The highest BCUT2D eigenvalue weighted by Gasteiger charge is 2.26. The molecule has 0 aliphatic rings. The highest BCUT2D eigenvalue weighted by atomic mass is 16.3. The number of imidazole rings is 1. The standard InChI is InChI=1S/C65H66N4O/c1-62(2,3)45-27-28-56-53(37-45)54-39-48(65(10,11)12)38-52(60(54)69(56)49-22-17-19-40(34-49)44-32-46(63(4,5)6)36-47(33-44)64(7,8)9)42-29-30-66-55(35-42)43-21-16-20-41(31-43)50-24-18-25-57-59(50)67-61(68(57)13)51-23-14-15-26-58(51)70/h14-39,70H,1-13H3. The van der Waals surface area contributed by atoms with Crippen LogP contribution in [0.2, 0.25) is 0 Å². The van der Waals surface area contributed by atoms with Crippen LogP contribution in [0.15, 0.2) is 158 Å². The van der Waals surface area contributed by atoms with Crippen molar-refractivity contribution in [3.63, 3.8) is 0 Å². The summed E-state index contributed by atoms with van der Waals surface area (Å²) in [4.78, 5) is 10.2. The number of para-hydroxylation sites is 2. The summed E-state index contributed by atoms with van der Waals surface area (Å²) in [5, 5.41) is 13.3. The molecule has 5 nitrogen and oxygen atoms in total. The van der Waals surface area contributed by atoms with Crippen molar-refractivity contribution in [3.8, 4) is 67.5 Å². The van der Waals surface area contributed by atoms with Crippen LogP contribution in [-0.4, -0.2) is 24.2 Å². The third-order valence-electron chi connectivity index (χ3n) is 14.3. The molecule has 3 heterocycles. The van der Waals surface area contributed by atoms with Gasteiger partial charge in [0.05, 0.1) is 33.3 Å². The number of aryl methyl sites for hydroxylation is 1. The van der Waals surface area contributed by atoms with Gasteiger partial charge in [0.1, 0.15) is 11.6 Å². The van der Waals surface area contributed by atoms with Crippen LogP contribution >= 0.6 is 0 Å². The minimum atomic E-state index is -0.114.